The Morgan fingerprint density at radius 3 is 2.38 bits per heavy atom. The summed E-state index contributed by atoms with van der Waals surface area (Å²) in [6.45, 7) is 4.72. The van der Waals surface area contributed by atoms with Gasteiger partial charge in [0.1, 0.15) is 0 Å². The maximum Gasteiger partial charge on any atom is 0.0584 e. The number of hydrogen-bond acceptors (Lipinski definition) is 2. The highest BCUT2D eigenvalue weighted by Gasteiger charge is 2.18. The van der Waals surface area contributed by atoms with Crippen molar-refractivity contribution in [2.24, 2.45) is 0 Å². The minimum Gasteiger partial charge on any atom is -0.395 e. The fourth-order valence-corrected chi connectivity index (χ4v) is 0.897. The van der Waals surface area contributed by atoms with Crippen LogP contribution in [0.15, 0.2) is 0 Å². The summed E-state index contributed by atoms with van der Waals surface area (Å²) in [4.78, 5) is 2.28. The van der Waals surface area contributed by atoms with Gasteiger partial charge in [-0.3, -0.25) is 4.90 Å². The molecule has 0 aromatic rings. The van der Waals surface area contributed by atoms with Gasteiger partial charge in [-0.25, -0.2) is 0 Å². The van der Waals surface area contributed by atoms with Crippen molar-refractivity contribution in [3.63, 3.8) is 0 Å². The molecule has 1 heterocycles. The predicted octanol–water partition coefficient (Wildman–Crippen LogP) is 0.0729. The molecule has 1 saturated heterocycles. The second-order valence-corrected chi connectivity index (χ2v) is 2.42. The lowest BCUT2D eigenvalue weighted by Gasteiger charge is -2.35. The summed E-state index contributed by atoms with van der Waals surface area (Å²) in [5, 5.41) is 8.63. The Balaban J connectivity index is 2.13. The van der Waals surface area contributed by atoms with Crippen LogP contribution in [0.3, 0.4) is 0 Å². The summed E-state index contributed by atoms with van der Waals surface area (Å²) < 4.78 is 0. The van der Waals surface area contributed by atoms with Crippen LogP contribution in [0.25, 0.3) is 0 Å². The van der Waals surface area contributed by atoms with Crippen LogP contribution in [-0.2, 0) is 0 Å². The van der Waals surface area contributed by atoms with Gasteiger partial charge >= 0.3 is 0 Å². The van der Waals surface area contributed by atoms with Crippen LogP contribution in [-0.4, -0.2) is 35.7 Å². The van der Waals surface area contributed by atoms with Gasteiger partial charge in [-0.15, -0.1) is 0 Å². The van der Waals surface area contributed by atoms with E-state index in [1.54, 1.807) is 0 Å². The molecule has 1 unspecified atom stereocenters. The van der Waals surface area contributed by atoms with E-state index in [2.05, 4.69) is 11.8 Å². The van der Waals surface area contributed by atoms with E-state index < -0.39 is 0 Å². The van der Waals surface area contributed by atoms with E-state index in [0.29, 0.717) is 12.6 Å². The molecule has 1 aliphatic heterocycles. The topological polar surface area (TPSA) is 23.5 Å². The van der Waals surface area contributed by atoms with E-state index in [4.69, 9.17) is 5.11 Å². The minimum absolute atomic E-state index is 0.306. The van der Waals surface area contributed by atoms with E-state index in [0.717, 1.165) is 0 Å². The van der Waals surface area contributed by atoms with Crippen LogP contribution in [0.2, 0.25) is 0 Å². The quantitative estimate of drug-likeness (QED) is 0.550. The van der Waals surface area contributed by atoms with E-state index in [1.807, 2.05) is 0 Å². The third-order valence-corrected chi connectivity index (χ3v) is 1.78. The van der Waals surface area contributed by atoms with Gasteiger partial charge in [0.05, 0.1) is 6.61 Å². The molecule has 0 amide bonds. The van der Waals surface area contributed by atoms with Crippen molar-refractivity contribution >= 4 is 0 Å². The number of aliphatic hydroxyl groups excluding tert-OH is 1. The second kappa shape index (κ2) is 2.46. The van der Waals surface area contributed by atoms with Gasteiger partial charge in [0.2, 0.25) is 0 Å². The average Bonchev–Trinajstić information content (AvgIpc) is 1.62. The molecular weight excluding hydrogens is 102 g/mol. The summed E-state index contributed by atoms with van der Waals surface area (Å²) >= 11 is 0. The Bertz CT molecular complexity index is 68.2. The van der Waals surface area contributed by atoms with Crippen LogP contribution >= 0.6 is 0 Å². The molecule has 0 aromatic heterocycles. The average molecular weight is 115 g/mol. The molecule has 0 aromatic carbocycles. The molecule has 0 spiro atoms. The standard InChI is InChI=1S/C6H13NO/c1-6(5-8)7-3-2-4-7/h6,8H,2-5H2,1H3. The Kier molecular flexibility index (Phi) is 1.86. The second-order valence-electron chi connectivity index (χ2n) is 2.42. The molecule has 2 heteroatoms. The highest BCUT2D eigenvalue weighted by Crippen LogP contribution is 2.09. The largest absolute Gasteiger partial charge is 0.395 e. The van der Waals surface area contributed by atoms with Crippen molar-refractivity contribution in [1.29, 1.82) is 0 Å². The first-order chi connectivity index (χ1) is 3.84. The first-order valence-electron chi connectivity index (χ1n) is 3.19. The molecule has 1 atom stereocenters. The van der Waals surface area contributed by atoms with Crippen molar-refractivity contribution in [3.05, 3.63) is 0 Å². The molecular formula is C6H13NO. The van der Waals surface area contributed by atoms with Crippen LogP contribution in [0.5, 0.6) is 0 Å². The lowest BCUT2D eigenvalue weighted by Crippen LogP contribution is -2.45. The van der Waals surface area contributed by atoms with Crippen molar-refractivity contribution in [2.75, 3.05) is 19.7 Å². The number of nitrogens with zero attached hydrogens (tertiary/aromatic N) is 1. The van der Waals surface area contributed by atoms with Gasteiger partial charge in [-0.2, -0.15) is 0 Å². The van der Waals surface area contributed by atoms with E-state index in [-0.39, 0.29) is 0 Å². The lowest BCUT2D eigenvalue weighted by atomic mass is 10.1. The normalized spacial score (nSPS) is 24.8. The van der Waals surface area contributed by atoms with Gasteiger partial charge in [0.25, 0.3) is 0 Å². The molecule has 8 heavy (non-hydrogen) atoms. The zero-order chi connectivity index (χ0) is 5.98. The summed E-state index contributed by atoms with van der Waals surface area (Å²) in [7, 11) is 0. The monoisotopic (exact) mass is 115 g/mol. The summed E-state index contributed by atoms with van der Waals surface area (Å²) in [5.74, 6) is 0. The molecule has 0 bridgehead atoms. The van der Waals surface area contributed by atoms with Gasteiger partial charge in [-0.1, -0.05) is 0 Å². The van der Waals surface area contributed by atoms with Crippen molar-refractivity contribution < 1.29 is 5.11 Å². The zero-order valence-electron chi connectivity index (χ0n) is 5.30. The molecule has 0 aliphatic carbocycles. The molecule has 0 radical (unpaired) electrons. The fourth-order valence-electron chi connectivity index (χ4n) is 0.897. The van der Waals surface area contributed by atoms with Gasteiger partial charge in [0.15, 0.2) is 0 Å². The predicted molar refractivity (Wildman–Crippen MR) is 32.7 cm³/mol. The van der Waals surface area contributed by atoms with Crippen molar-refractivity contribution in [3.8, 4) is 0 Å². The third kappa shape index (κ3) is 1.01. The first-order valence-corrected chi connectivity index (χ1v) is 3.19. The van der Waals surface area contributed by atoms with E-state index >= 15 is 0 Å². The highest BCUT2D eigenvalue weighted by atomic mass is 16.3. The molecule has 1 N–H and O–H groups in total. The third-order valence-electron chi connectivity index (χ3n) is 1.78. The maximum atomic E-state index is 8.63. The zero-order valence-corrected chi connectivity index (χ0v) is 5.30. The smallest absolute Gasteiger partial charge is 0.0584 e. The van der Waals surface area contributed by atoms with Crippen LogP contribution in [0, 0.1) is 0 Å². The van der Waals surface area contributed by atoms with Gasteiger partial charge in [0, 0.05) is 6.04 Å². The molecule has 48 valence electrons. The molecule has 2 nitrogen and oxygen atoms in total. The van der Waals surface area contributed by atoms with Crippen LogP contribution in [0.4, 0.5) is 0 Å². The molecule has 0 saturated carbocycles. The van der Waals surface area contributed by atoms with Crippen LogP contribution < -0.4 is 0 Å². The Labute approximate surface area is 50.1 Å². The van der Waals surface area contributed by atoms with Gasteiger partial charge < -0.3 is 5.11 Å². The number of likely N-dealkylation sites (tertiary alicyclic amines) is 1. The Morgan fingerprint density at radius 1 is 1.62 bits per heavy atom. The van der Waals surface area contributed by atoms with Gasteiger partial charge in [-0.05, 0) is 26.4 Å². The summed E-state index contributed by atoms with van der Waals surface area (Å²) in [5.41, 5.74) is 0. The molecule has 1 aliphatic rings. The maximum absolute atomic E-state index is 8.63. The summed E-state index contributed by atoms with van der Waals surface area (Å²) in [6, 6.07) is 0.392. The highest BCUT2D eigenvalue weighted by molar-refractivity contribution is 4.73. The van der Waals surface area contributed by atoms with E-state index in [9.17, 15) is 0 Å². The summed E-state index contributed by atoms with van der Waals surface area (Å²) in [6.07, 6.45) is 1.31. The molecule has 1 rings (SSSR count). The molecule has 1 fully saturated rings. The Morgan fingerprint density at radius 2 is 2.25 bits per heavy atom. The van der Waals surface area contributed by atoms with E-state index in [1.165, 1.54) is 19.5 Å². The number of rotatable bonds is 2. The minimum atomic E-state index is 0.306. The fraction of sp³-hybridized carbons (Fsp3) is 1.00. The van der Waals surface area contributed by atoms with Crippen LogP contribution in [0.1, 0.15) is 13.3 Å². The SMILES string of the molecule is CC(CO)N1CCC1. The number of aliphatic hydroxyl groups is 1. The lowest BCUT2D eigenvalue weighted by molar-refractivity contribution is 0.0822. The Hall–Kier alpha value is -0.0800. The van der Waals surface area contributed by atoms with Crippen molar-refractivity contribution in [2.45, 2.75) is 19.4 Å². The number of hydrogen-bond donors (Lipinski definition) is 1. The first kappa shape index (κ1) is 6.05. The van der Waals surface area contributed by atoms with Crippen molar-refractivity contribution in [1.82, 2.24) is 4.90 Å².